The Morgan fingerprint density at radius 1 is 0.897 bits per heavy atom. The molecule has 0 amide bonds. The van der Waals surface area contributed by atoms with E-state index >= 15 is 0 Å². The van der Waals surface area contributed by atoms with Crippen LogP contribution in [0.15, 0.2) is 42.5 Å². The van der Waals surface area contributed by atoms with Gasteiger partial charge in [0.2, 0.25) is 0 Å². The Morgan fingerprint density at radius 2 is 1.62 bits per heavy atom. The molecule has 1 aromatic heterocycles. The normalized spacial score (nSPS) is 11.8. The number of methoxy groups -OCH3 is 4. The molecule has 0 spiro atoms. The van der Waals surface area contributed by atoms with Crippen LogP contribution in [-0.4, -0.2) is 96.1 Å². The number of likely N-dealkylation sites (N-methyl/N-ethyl adjacent to an activating group) is 1. The van der Waals surface area contributed by atoms with Gasteiger partial charge in [0, 0.05) is 56.1 Å². The highest BCUT2D eigenvalue weighted by atomic mass is 35.5. The Balaban J connectivity index is 2.10. The molecule has 1 heterocycles. The average Bonchev–Trinajstić information content (AvgIpc) is 2.95. The lowest BCUT2D eigenvalue weighted by atomic mass is 10.1. The molecule has 0 bridgehead atoms. The molecule has 0 fully saturated rings. The van der Waals surface area contributed by atoms with Crippen LogP contribution in [-0.2, 0) is 9.47 Å². The first kappa shape index (κ1) is 30.4. The van der Waals surface area contributed by atoms with Gasteiger partial charge in [0.15, 0.2) is 17.3 Å². The molecule has 11 heteroatoms. The standard InChI is InChI=1S/C28H37ClN4O6/c1-30-17-22(34)18-39-23-13-20(12-21(29)15-23)28-31-24(19-6-7-25(37-4)26(14-19)38-5)16-27(32-28)33(8-10-35-2)9-11-36-3/h6-7,12-16,22,30,34H,8-11,17-18H2,1-5H3. The number of nitrogens with zero attached hydrogens (tertiary/aromatic N) is 3. The van der Waals surface area contributed by atoms with E-state index in [9.17, 15) is 5.11 Å². The van der Waals surface area contributed by atoms with Crippen LogP contribution >= 0.6 is 11.6 Å². The number of hydrogen-bond donors (Lipinski definition) is 2. The Labute approximate surface area is 234 Å². The van der Waals surface area contributed by atoms with Crippen molar-refractivity contribution >= 4 is 17.4 Å². The zero-order chi connectivity index (χ0) is 28.2. The summed E-state index contributed by atoms with van der Waals surface area (Å²) in [4.78, 5) is 11.9. The molecular weight excluding hydrogens is 524 g/mol. The summed E-state index contributed by atoms with van der Waals surface area (Å²) in [5.74, 6) is 2.87. The van der Waals surface area contributed by atoms with E-state index in [1.165, 1.54) is 0 Å². The van der Waals surface area contributed by atoms with Crippen LogP contribution in [0.2, 0.25) is 5.02 Å². The van der Waals surface area contributed by atoms with E-state index in [0.717, 1.165) is 5.56 Å². The molecule has 2 aromatic carbocycles. The number of aromatic nitrogens is 2. The van der Waals surface area contributed by atoms with E-state index in [1.807, 2.05) is 30.3 Å². The fourth-order valence-electron chi connectivity index (χ4n) is 3.87. The third-order valence-electron chi connectivity index (χ3n) is 5.86. The van der Waals surface area contributed by atoms with Crippen molar-refractivity contribution in [1.82, 2.24) is 15.3 Å². The first-order valence-corrected chi connectivity index (χ1v) is 12.9. The molecule has 0 radical (unpaired) electrons. The van der Waals surface area contributed by atoms with Crippen LogP contribution in [0.4, 0.5) is 5.82 Å². The van der Waals surface area contributed by atoms with E-state index in [1.54, 1.807) is 47.6 Å². The highest BCUT2D eigenvalue weighted by Crippen LogP contribution is 2.34. The SMILES string of the molecule is CNCC(O)COc1cc(Cl)cc(-c2nc(-c3ccc(OC)c(OC)c3)cc(N(CCOC)CCOC)n2)c1. The molecular formula is C28H37ClN4O6. The number of aliphatic hydroxyl groups excluding tert-OH is 1. The van der Waals surface area contributed by atoms with Crippen molar-refractivity contribution in [3.63, 3.8) is 0 Å². The van der Waals surface area contributed by atoms with Crippen LogP contribution in [0.25, 0.3) is 22.6 Å². The minimum atomic E-state index is -0.663. The third-order valence-corrected chi connectivity index (χ3v) is 6.08. The van der Waals surface area contributed by atoms with E-state index in [2.05, 4.69) is 10.2 Å². The maximum absolute atomic E-state index is 10.1. The summed E-state index contributed by atoms with van der Waals surface area (Å²) < 4.78 is 27.4. The van der Waals surface area contributed by atoms with Crippen molar-refractivity contribution < 1.29 is 28.8 Å². The van der Waals surface area contributed by atoms with Gasteiger partial charge in [0.1, 0.15) is 24.3 Å². The monoisotopic (exact) mass is 560 g/mol. The number of rotatable bonds is 16. The molecule has 10 nitrogen and oxygen atoms in total. The molecule has 2 N–H and O–H groups in total. The smallest absolute Gasteiger partial charge is 0.162 e. The van der Waals surface area contributed by atoms with Crippen LogP contribution in [0.1, 0.15) is 0 Å². The van der Waals surface area contributed by atoms with E-state index in [0.29, 0.717) is 78.0 Å². The molecule has 0 saturated carbocycles. The van der Waals surface area contributed by atoms with Crippen molar-refractivity contribution in [3.05, 3.63) is 47.5 Å². The minimum Gasteiger partial charge on any atom is -0.493 e. The van der Waals surface area contributed by atoms with E-state index in [-0.39, 0.29) is 6.61 Å². The number of halogens is 1. The Kier molecular flexibility index (Phi) is 12.0. The van der Waals surface area contributed by atoms with Gasteiger partial charge in [-0.05, 0) is 43.4 Å². The predicted octanol–water partition coefficient (Wildman–Crippen LogP) is 3.54. The Morgan fingerprint density at radius 3 is 2.26 bits per heavy atom. The van der Waals surface area contributed by atoms with Crippen molar-refractivity contribution in [1.29, 1.82) is 0 Å². The van der Waals surface area contributed by atoms with Gasteiger partial charge in [0.05, 0.1) is 33.1 Å². The molecule has 0 aliphatic carbocycles. The first-order chi connectivity index (χ1) is 18.9. The van der Waals surface area contributed by atoms with Gasteiger partial charge in [-0.15, -0.1) is 0 Å². The molecule has 0 aliphatic heterocycles. The topological polar surface area (TPSA) is 107 Å². The largest absolute Gasteiger partial charge is 0.493 e. The van der Waals surface area contributed by atoms with Crippen molar-refractivity contribution in [2.45, 2.75) is 6.10 Å². The van der Waals surface area contributed by atoms with E-state index < -0.39 is 6.10 Å². The summed E-state index contributed by atoms with van der Waals surface area (Å²) in [6.45, 7) is 2.76. The lowest BCUT2D eigenvalue weighted by Gasteiger charge is -2.24. The van der Waals surface area contributed by atoms with Crippen LogP contribution in [0.5, 0.6) is 17.2 Å². The van der Waals surface area contributed by atoms with Gasteiger partial charge in [-0.2, -0.15) is 0 Å². The Bertz CT molecular complexity index is 1190. The minimum absolute atomic E-state index is 0.111. The van der Waals surface area contributed by atoms with Gasteiger partial charge in [-0.25, -0.2) is 9.97 Å². The number of ether oxygens (including phenoxy) is 5. The molecule has 0 aliphatic rings. The average molecular weight is 561 g/mol. The van der Waals surface area contributed by atoms with E-state index in [4.69, 9.17) is 45.3 Å². The van der Waals surface area contributed by atoms with Crippen LogP contribution < -0.4 is 24.4 Å². The molecule has 1 unspecified atom stereocenters. The molecule has 1 atom stereocenters. The molecule has 0 saturated heterocycles. The van der Waals surface area contributed by atoms with Crippen molar-refractivity contribution in [2.75, 3.05) is 79.8 Å². The summed E-state index contributed by atoms with van der Waals surface area (Å²) in [5.41, 5.74) is 2.18. The van der Waals surface area contributed by atoms with Gasteiger partial charge in [-0.3, -0.25) is 0 Å². The molecule has 3 rings (SSSR count). The Hall–Kier alpha value is -3.15. The summed E-state index contributed by atoms with van der Waals surface area (Å²) in [5, 5.41) is 13.4. The quantitative estimate of drug-likeness (QED) is 0.270. The number of nitrogens with one attached hydrogen (secondary N) is 1. The fourth-order valence-corrected chi connectivity index (χ4v) is 4.10. The lowest BCUT2D eigenvalue weighted by molar-refractivity contribution is 0.108. The van der Waals surface area contributed by atoms with Crippen molar-refractivity contribution in [2.24, 2.45) is 0 Å². The fraction of sp³-hybridized carbons (Fsp3) is 0.429. The maximum atomic E-state index is 10.1. The van der Waals surface area contributed by atoms with Gasteiger partial charge in [0.25, 0.3) is 0 Å². The number of aliphatic hydroxyl groups is 1. The molecule has 212 valence electrons. The van der Waals surface area contributed by atoms with Gasteiger partial charge >= 0.3 is 0 Å². The summed E-state index contributed by atoms with van der Waals surface area (Å²) in [6.07, 6.45) is -0.663. The molecule has 39 heavy (non-hydrogen) atoms. The predicted molar refractivity (Wildman–Crippen MR) is 152 cm³/mol. The molecule has 3 aromatic rings. The highest BCUT2D eigenvalue weighted by Gasteiger charge is 2.17. The highest BCUT2D eigenvalue weighted by molar-refractivity contribution is 6.31. The first-order valence-electron chi connectivity index (χ1n) is 12.5. The maximum Gasteiger partial charge on any atom is 0.162 e. The second kappa shape index (κ2) is 15.4. The van der Waals surface area contributed by atoms with Gasteiger partial charge in [-0.1, -0.05) is 11.6 Å². The summed E-state index contributed by atoms with van der Waals surface area (Å²) >= 11 is 6.46. The van der Waals surface area contributed by atoms with Gasteiger partial charge < -0.3 is 39.0 Å². The number of anilines is 1. The number of benzene rings is 2. The van der Waals surface area contributed by atoms with Crippen LogP contribution in [0.3, 0.4) is 0 Å². The second-order valence-corrected chi connectivity index (χ2v) is 9.11. The zero-order valence-corrected chi connectivity index (χ0v) is 23.8. The van der Waals surface area contributed by atoms with Crippen LogP contribution in [0, 0.1) is 0 Å². The zero-order valence-electron chi connectivity index (χ0n) is 23.1. The summed E-state index contributed by atoms with van der Waals surface area (Å²) in [6, 6.07) is 12.8. The summed E-state index contributed by atoms with van der Waals surface area (Å²) in [7, 11) is 8.28. The second-order valence-electron chi connectivity index (χ2n) is 8.68. The van der Waals surface area contributed by atoms with Crippen molar-refractivity contribution in [3.8, 4) is 39.9 Å². The number of hydrogen-bond acceptors (Lipinski definition) is 10. The third kappa shape index (κ3) is 8.67. The lowest BCUT2D eigenvalue weighted by Crippen LogP contribution is -2.31.